The lowest BCUT2D eigenvalue weighted by molar-refractivity contribution is -0.123. The Labute approximate surface area is 222 Å². The summed E-state index contributed by atoms with van der Waals surface area (Å²) in [5.74, 6) is -1.07. The molecule has 0 saturated carbocycles. The van der Waals surface area contributed by atoms with Crippen molar-refractivity contribution in [3.05, 3.63) is 106 Å². The van der Waals surface area contributed by atoms with Crippen molar-refractivity contribution in [1.82, 2.24) is 30.8 Å². The predicted octanol–water partition coefficient (Wildman–Crippen LogP) is 2.94. The van der Waals surface area contributed by atoms with E-state index in [-0.39, 0.29) is 12.3 Å². The molecule has 38 heavy (non-hydrogen) atoms. The Bertz CT molecular complexity index is 1520. The van der Waals surface area contributed by atoms with Crippen molar-refractivity contribution in [2.45, 2.75) is 19.0 Å². The molecule has 1 aromatic heterocycles. The number of carbonyl (C=O) groups excluding carboxylic acids is 3. The molecule has 0 aliphatic carbocycles. The van der Waals surface area contributed by atoms with Gasteiger partial charge in [-0.3, -0.25) is 14.4 Å². The first-order chi connectivity index (χ1) is 18.5. The van der Waals surface area contributed by atoms with E-state index in [0.29, 0.717) is 34.1 Å². The number of rotatable bonds is 8. The molecule has 190 valence electrons. The first kappa shape index (κ1) is 24.8. The highest BCUT2D eigenvalue weighted by Gasteiger charge is 2.23. The topological polar surface area (TPSA) is 131 Å². The molecule has 0 fully saturated rings. The van der Waals surface area contributed by atoms with Gasteiger partial charge in [0.05, 0.1) is 5.69 Å². The number of anilines is 1. The number of fused-ring (bicyclic) bond motifs is 1. The van der Waals surface area contributed by atoms with E-state index in [1.807, 2.05) is 30.3 Å². The van der Waals surface area contributed by atoms with E-state index in [2.05, 4.69) is 31.5 Å². The van der Waals surface area contributed by atoms with Crippen LogP contribution in [0.25, 0.3) is 11.8 Å². The third-order valence-corrected chi connectivity index (χ3v) is 6.21. The van der Waals surface area contributed by atoms with Crippen molar-refractivity contribution in [1.29, 1.82) is 0 Å². The van der Waals surface area contributed by atoms with Gasteiger partial charge < -0.3 is 16.0 Å². The van der Waals surface area contributed by atoms with E-state index in [1.165, 1.54) is 17.1 Å². The summed E-state index contributed by atoms with van der Waals surface area (Å²) in [6.45, 7) is 0.461. The molecular weight excluding hydrogens is 506 g/mol. The van der Waals surface area contributed by atoms with Crippen LogP contribution in [0.1, 0.15) is 27.0 Å². The molecule has 0 bridgehead atoms. The van der Waals surface area contributed by atoms with Crippen molar-refractivity contribution in [3.63, 3.8) is 0 Å². The monoisotopic (exact) mass is 527 g/mol. The average Bonchev–Trinajstić information content (AvgIpc) is 3.58. The van der Waals surface area contributed by atoms with Gasteiger partial charge in [0.25, 0.3) is 5.91 Å². The van der Waals surface area contributed by atoms with Gasteiger partial charge in [-0.1, -0.05) is 48.0 Å². The first-order valence-corrected chi connectivity index (χ1v) is 12.1. The maximum atomic E-state index is 13.3. The zero-order valence-corrected chi connectivity index (χ0v) is 20.7. The number of benzene rings is 3. The summed E-state index contributed by atoms with van der Waals surface area (Å²) in [4.78, 5) is 38.2. The van der Waals surface area contributed by atoms with Crippen LogP contribution in [0.4, 0.5) is 5.69 Å². The summed E-state index contributed by atoms with van der Waals surface area (Å²) in [6.07, 6.45) is 4.60. The van der Waals surface area contributed by atoms with Crippen molar-refractivity contribution >= 4 is 41.1 Å². The van der Waals surface area contributed by atoms with Gasteiger partial charge in [0.2, 0.25) is 11.8 Å². The van der Waals surface area contributed by atoms with Gasteiger partial charge in [-0.05, 0) is 58.0 Å². The van der Waals surface area contributed by atoms with Gasteiger partial charge in [-0.2, -0.15) is 4.68 Å². The average molecular weight is 528 g/mol. The molecule has 0 radical (unpaired) electrons. The summed E-state index contributed by atoms with van der Waals surface area (Å²) in [6, 6.07) is 18.8. The first-order valence-electron chi connectivity index (χ1n) is 11.7. The van der Waals surface area contributed by atoms with E-state index in [1.54, 1.807) is 42.5 Å². The summed E-state index contributed by atoms with van der Waals surface area (Å²) in [5, 5.41) is 20.0. The molecule has 1 unspecified atom stereocenters. The Morgan fingerprint density at radius 3 is 2.74 bits per heavy atom. The number of nitrogens with zero attached hydrogens (tertiary/aromatic N) is 4. The van der Waals surface area contributed by atoms with E-state index in [4.69, 9.17) is 11.6 Å². The smallest absolute Gasteiger partial charge is 0.251 e. The highest BCUT2D eigenvalue weighted by atomic mass is 35.5. The lowest BCUT2D eigenvalue weighted by atomic mass is 10.0. The standard InChI is InChI=1S/C27H22ClN7O3/c28-20-8-10-24(35-16-30-33-34-35)18(13-20)7-11-25(36)32-23(12-17-4-2-1-3-5-17)27(38)31-21-9-6-19-15-29-26(37)22(19)14-21/h1-11,13-14,16,23H,12,15H2,(H,29,37)(H,31,38)(H,32,36)/b11-7+. The highest BCUT2D eigenvalue weighted by Crippen LogP contribution is 2.21. The summed E-state index contributed by atoms with van der Waals surface area (Å²) in [7, 11) is 0. The third kappa shape index (κ3) is 5.76. The number of carbonyl (C=O) groups is 3. The molecule has 1 atom stereocenters. The third-order valence-electron chi connectivity index (χ3n) is 5.98. The number of amides is 3. The summed E-state index contributed by atoms with van der Waals surface area (Å²) >= 11 is 6.16. The molecule has 3 N–H and O–H groups in total. The SMILES string of the molecule is O=C(/C=C/c1cc(Cl)ccc1-n1cnnn1)NC(Cc1ccccc1)C(=O)Nc1ccc2c(c1)C(=O)NC2. The molecule has 1 aliphatic rings. The van der Waals surface area contributed by atoms with Gasteiger partial charge in [0.1, 0.15) is 12.4 Å². The van der Waals surface area contributed by atoms with Crippen molar-refractivity contribution in [2.75, 3.05) is 5.32 Å². The van der Waals surface area contributed by atoms with Crippen LogP contribution in [0, 0.1) is 0 Å². The van der Waals surface area contributed by atoms with Crippen LogP contribution >= 0.6 is 11.6 Å². The van der Waals surface area contributed by atoms with Gasteiger partial charge in [0, 0.05) is 40.9 Å². The lowest BCUT2D eigenvalue weighted by Crippen LogP contribution is -2.44. The maximum absolute atomic E-state index is 13.3. The molecule has 0 saturated heterocycles. The summed E-state index contributed by atoms with van der Waals surface area (Å²) in [5.41, 5.74) is 3.98. The second-order valence-electron chi connectivity index (χ2n) is 8.59. The van der Waals surface area contributed by atoms with Crippen LogP contribution in [-0.4, -0.2) is 44.0 Å². The minimum Gasteiger partial charge on any atom is -0.348 e. The quantitative estimate of drug-likeness (QED) is 0.302. The van der Waals surface area contributed by atoms with E-state index >= 15 is 0 Å². The highest BCUT2D eigenvalue weighted by molar-refractivity contribution is 6.30. The van der Waals surface area contributed by atoms with Gasteiger partial charge in [0.15, 0.2) is 0 Å². The molecular formula is C27H22ClN7O3. The maximum Gasteiger partial charge on any atom is 0.251 e. The summed E-state index contributed by atoms with van der Waals surface area (Å²) < 4.78 is 1.45. The molecule has 11 heteroatoms. The van der Waals surface area contributed by atoms with E-state index in [9.17, 15) is 14.4 Å². The van der Waals surface area contributed by atoms with Crippen LogP contribution in [-0.2, 0) is 22.6 Å². The number of aromatic nitrogens is 4. The number of hydrogen-bond donors (Lipinski definition) is 3. The van der Waals surface area contributed by atoms with Crippen LogP contribution in [0.5, 0.6) is 0 Å². The number of nitrogens with one attached hydrogen (secondary N) is 3. The van der Waals surface area contributed by atoms with Crippen LogP contribution < -0.4 is 16.0 Å². The lowest BCUT2D eigenvalue weighted by Gasteiger charge is -2.18. The molecule has 3 aromatic carbocycles. The fraction of sp³-hybridized carbons (Fsp3) is 0.111. The Kier molecular flexibility index (Phi) is 7.23. The molecule has 5 rings (SSSR count). The minimum atomic E-state index is -0.880. The number of hydrogen-bond acceptors (Lipinski definition) is 6. The van der Waals surface area contributed by atoms with E-state index in [0.717, 1.165) is 11.1 Å². The zero-order valence-electron chi connectivity index (χ0n) is 20.0. The van der Waals surface area contributed by atoms with Crippen molar-refractivity contribution < 1.29 is 14.4 Å². The molecule has 10 nitrogen and oxygen atoms in total. The Morgan fingerprint density at radius 1 is 1.11 bits per heavy atom. The number of tetrazole rings is 1. The fourth-order valence-electron chi connectivity index (χ4n) is 4.10. The molecule has 2 heterocycles. The van der Waals surface area contributed by atoms with E-state index < -0.39 is 17.9 Å². The van der Waals surface area contributed by atoms with Gasteiger partial charge in [-0.15, -0.1) is 5.10 Å². The minimum absolute atomic E-state index is 0.183. The van der Waals surface area contributed by atoms with Crippen molar-refractivity contribution in [3.8, 4) is 5.69 Å². The molecule has 1 aliphatic heterocycles. The largest absolute Gasteiger partial charge is 0.348 e. The fourth-order valence-corrected chi connectivity index (χ4v) is 4.28. The predicted molar refractivity (Wildman–Crippen MR) is 142 cm³/mol. The second-order valence-corrected chi connectivity index (χ2v) is 9.02. The Balaban J connectivity index is 1.34. The van der Waals surface area contributed by atoms with Crippen LogP contribution in [0.2, 0.25) is 5.02 Å². The Morgan fingerprint density at radius 2 is 1.95 bits per heavy atom. The normalized spacial score (nSPS) is 13.1. The molecule has 4 aromatic rings. The van der Waals surface area contributed by atoms with Gasteiger partial charge >= 0.3 is 0 Å². The van der Waals surface area contributed by atoms with Crippen LogP contribution in [0.3, 0.4) is 0 Å². The molecule has 0 spiro atoms. The van der Waals surface area contributed by atoms with Crippen molar-refractivity contribution in [2.24, 2.45) is 0 Å². The zero-order chi connectivity index (χ0) is 26.5. The number of halogens is 1. The second kappa shape index (κ2) is 11.1. The van der Waals surface area contributed by atoms with Gasteiger partial charge in [-0.25, -0.2) is 0 Å². The Hall–Kier alpha value is -4.83. The molecule has 3 amide bonds. The van der Waals surface area contributed by atoms with Crippen LogP contribution in [0.15, 0.2) is 79.1 Å².